The maximum atomic E-state index is 11.8. The van der Waals surface area contributed by atoms with Crippen LogP contribution in [0.2, 0.25) is 0 Å². The van der Waals surface area contributed by atoms with Crippen LogP contribution in [0.4, 0.5) is 0 Å². The summed E-state index contributed by atoms with van der Waals surface area (Å²) < 4.78 is 0. The molecule has 0 spiro atoms. The van der Waals surface area contributed by atoms with Gasteiger partial charge in [0.2, 0.25) is 5.91 Å². The molecule has 0 saturated carbocycles. The third-order valence-electron chi connectivity index (χ3n) is 3.80. The molecule has 0 saturated heterocycles. The number of nitrogens with zero attached hydrogens (tertiary/aromatic N) is 1. The lowest BCUT2D eigenvalue weighted by Gasteiger charge is -2.15. The summed E-state index contributed by atoms with van der Waals surface area (Å²) >= 11 is 1.64. The number of amides is 1. The second kappa shape index (κ2) is 7.38. The Morgan fingerprint density at radius 3 is 2.38 bits per heavy atom. The fourth-order valence-electron chi connectivity index (χ4n) is 2.52. The molecule has 1 aromatic heterocycles. The number of benzene rings is 2. The first-order valence-electron chi connectivity index (χ1n) is 7.74. The smallest absolute Gasteiger partial charge is 0.239 e. The summed E-state index contributed by atoms with van der Waals surface area (Å²) in [6.07, 6.45) is 0. The molecule has 1 heterocycles. The molecular weight excluding hydrogens is 318 g/mol. The molecule has 122 valence electrons. The minimum atomic E-state index is -0.507. The van der Waals surface area contributed by atoms with E-state index < -0.39 is 6.04 Å². The predicted octanol–water partition coefficient (Wildman–Crippen LogP) is 3.43. The Bertz CT molecular complexity index is 815. The Kier molecular flexibility index (Phi) is 5.03. The molecule has 1 atom stereocenters. The number of aromatic nitrogens is 1. The van der Waals surface area contributed by atoms with Crippen LogP contribution in [0.5, 0.6) is 0 Å². The number of carbonyl (C=O) groups is 1. The van der Waals surface area contributed by atoms with E-state index in [4.69, 9.17) is 5.73 Å². The van der Waals surface area contributed by atoms with Crippen LogP contribution in [0.15, 0.2) is 60.7 Å². The summed E-state index contributed by atoms with van der Waals surface area (Å²) in [4.78, 5) is 17.5. The molecule has 0 aliphatic rings. The van der Waals surface area contributed by atoms with Gasteiger partial charge >= 0.3 is 0 Å². The minimum Gasteiger partial charge on any atom is -0.368 e. The summed E-state index contributed by atoms with van der Waals surface area (Å²) in [6, 6.07) is 19.1. The predicted molar refractivity (Wildman–Crippen MR) is 97.5 cm³/mol. The molecule has 0 bridgehead atoms. The van der Waals surface area contributed by atoms with Gasteiger partial charge in [0.1, 0.15) is 11.0 Å². The largest absolute Gasteiger partial charge is 0.368 e. The fraction of sp³-hybridized carbons (Fsp3) is 0.158. The second-order valence-electron chi connectivity index (χ2n) is 5.52. The summed E-state index contributed by atoms with van der Waals surface area (Å²) in [5, 5.41) is 4.24. The lowest BCUT2D eigenvalue weighted by atomic mass is 10.1. The molecular formula is C19H19N3OS. The van der Waals surface area contributed by atoms with Gasteiger partial charge in [-0.3, -0.25) is 10.1 Å². The van der Waals surface area contributed by atoms with Crippen molar-refractivity contribution in [1.29, 1.82) is 0 Å². The summed E-state index contributed by atoms with van der Waals surface area (Å²) in [7, 11) is 0. The minimum absolute atomic E-state index is 0.383. The Labute approximate surface area is 145 Å². The Morgan fingerprint density at radius 2 is 1.75 bits per heavy atom. The monoisotopic (exact) mass is 337 g/mol. The number of nitrogens with one attached hydrogen (secondary N) is 1. The van der Waals surface area contributed by atoms with Crippen LogP contribution in [0.1, 0.15) is 22.2 Å². The summed E-state index contributed by atoms with van der Waals surface area (Å²) in [5.74, 6) is -0.383. The van der Waals surface area contributed by atoms with Gasteiger partial charge in [0.15, 0.2) is 0 Å². The number of hydrogen-bond donors (Lipinski definition) is 2. The van der Waals surface area contributed by atoms with Gasteiger partial charge in [-0.2, -0.15) is 0 Å². The van der Waals surface area contributed by atoms with Crippen molar-refractivity contribution in [3.8, 4) is 10.6 Å². The molecule has 24 heavy (non-hydrogen) atoms. The standard InChI is InChI=1S/C19H19N3OS/c1-13-16(24-19(22-13)15-10-6-3-7-11-15)12-21-17(18(20)23)14-8-4-2-5-9-14/h2-11,17,21H,12H2,1H3,(H2,20,23). The lowest BCUT2D eigenvalue weighted by molar-refractivity contribution is -0.120. The average molecular weight is 337 g/mol. The first kappa shape index (κ1) is 16.4. The van der Waals surface area contributed by atoms with Crippen molar-refractivity contribution in [3.63, 3.8) is 0 Å². The average Bonchev–Trinajstić information content (AvgIpc) is 2.98. The van der Waals surface area contributed by atoms with Gasteiger partial charge in [0.05, 0.1) is 5.69 Å². The molecule has 1 amide bonds. The fourth-order valence-corrected chi connectivity index (χ4v) is 3.54. The first-order chi connectivity index (χ1) is 11.6. The number of carbonyl (C=O) groups excluding carboxylic acids is 1. The summed E-state index contributed by atoms with van der Waals surface area (Å²) in [5.41, 5.74) is 8.50. The maximum Gasteiger partial charge on any atom is 0.239 e. The van der Waals surface area contributed by atoms with Crippen LogP contribution >= 0.6 is 11.3 Å². The van der Waals surface area contributed by atoms with Gasteiger partial charge < -0.3 is 5.73 Å². The first-order valence-corrected chi connectivity index (χ1v) is 8.56. The van der Waals surface area contributed by atoms with Crippen molar-refractivity contribution in [1.82, 2.24) is 10.3 Å². The third kappa shape index (κ3) is 3.69. The van der Waals surface area contributed by atoms with Crippen molar-refractivity contribution in [2.75, 3.05) is 0 Å². The van der Waals surface area contributed by atoms with Crippen molar-refractivity contribution in [3.05, 3.63) is 76.8 Å². The molecule has 4 nitrogen and oxygen atoms in total. The lowest BCUT2D eigenvalue weighted by Crippen LogP contribution is -2.33. The van der Waals surface area contributed by atoms with E-state index in [-0.39, 0.29) is 5.91 Å². The van der Waals surface area contributed by atoms with Crippen molar-refractivity contribution in [2.24, 2.45) is 5.73 Å². The number of thiazole rings is 1. The molecule has 1 unspecified atom stereocenters. The molecule has 0 radical (unpaired) electrons. The Balaban J connectivity index is 1.76. The van der Waals surface area contributed by atoms with Gasteiger partial charge in [-0.05, 0) is 12.5 Å². The van der Waals surface area contributed by atoms with Crippen molar-refractivity contribution >= 4 is 17.2 Å². The normalized spacial score (nSPS) is 12.0. The molecule has 0 aliphatic carbocycles. The second-order valence-corrected chi connectivity index (χ2v) is 6.60. The molecule has 0 fully saturated rings. The van der Waals surface area contributed by atoms with Crippen molar-refractivity contribution in [2.45, 2.75) is 19.5 Å². The number of aryl methyl sites for hydroxylation is 1. The zero-order chi connectivity index (χ0) is 16.9. The molecule has 3 aromatic rings. The third-order valence-corrected chi connectivity index (χ3v) is 5.00. The number of nitrogens with two attached hydrogens (primary N) is 1. The Hall–Kier alpha value is -2.50. The van der Waals surface area contributed by atoms with Crippen LogP contribution in [0, 0.1) is 6.92 Å². The van der Waals surface area contributed by atoms with Crippen molar-refractivity contribution < 1.29 is 4.79 Å². The highest BCUT2D eigenvalue weighted by Crippen LogP contribution is 2.28. The topological polar surface area (TPSA) is 68.0 Å². The zero-order valence-electron chi connectivity index (χ0n) is 13.4. The highest BCUT2D eigenvalue weighted by Gasteiger charge is 2.18. The SMILES string of the molecule is Cc1nc(-c2ccccc2)sc1CNC(C(N)=O)c1ccccc1. The zero-order valence-corrected chi connectivity index (χ0v) is 14.2. The van der Waals surface area contributed by atoms with Gasteiger partial charge in [-0.15, -0.1) is 11.3 Å². The van der Waals surface area contributed by atoms with E-state index in [9.17, 15) is 4.79 Å². The number of rotatable bonds is 6. The van der Waals surface area contributed by atoms with Crippen LogP contribution in [0.3, 0.4) is 0 Å². The molecule has 5 heteroatoms. The van der Waals surface area contributed by atoms with E-state index in [0.717, 1.165) is 26.7 Å². The number of primary amides is 1. The number of hydrogen-bond acceptors (Lipinski definition) is 4. The van der Waals surface area contributed by atoms with Crippen LogP contribution in [-0.4, -0.2) is 10.9 Å². The highest BCUT2D eigenvalue weighted by molar-refractivity contribution is 7.15. The van der Waals surface area contributed by atoms with E-state index in [2.05, 4.69) is 10.3 Å². The summed E-state index contributed by atoms with van der Waals surface area (Å²) in [6.45, 7) is 2.54. The molecule has 2 aromatic carbocycles. The van der Waals surface area contributed by atoms with Crippen LogP contribution in [-0.2, 0) is 11.3 Å². The molecule has 0 aliphatic heterocycles. The van der Waals surface area contributed by atoms with E-state index in [1.54, 1.807) is 11.3 Å². The maximum absolute atomic E-state index is 11.8. The van der Waals surface area contributed by atoms with E-state index in [1.165, 1.54) is 0 Å². The molecule has 3 N–H and O–H groups in total. The van der Waals surface area contributed by atoms with E-state index >= 15 is 0 Å². The van der Waals surface area contributed by atoms with Crippen LogP contribution in [0.25, 0.3) is 10.6 Å². The Morgan fingerprint density at radius 1 is 1.12 bits per heavy atom. The quantitative estimate of drug-likeness (QED) is 0.724. The van der Waals surface area contributed by atoms with E-state index in [0.29, 0.717) is 6.54 Å². The van der Waals surface area contributed by atoms with Gasteiger partial charge in [0, 0.05) is 17.0 Å². The van der Waals surface area contributed by atoms with Gasteiger partial charge in [-0.1, -0.05) is 60.7 Å². The molecule has 3 rings (SSSR count). The van der Waals surface area contributed by atoms with Crippen LogP contribution < -0.4 is 11.1 Å². The highest BCUT2D eigenvalue weighted by atomic mass is 32.1. The van der Waals surface area contributed by atoms with E-state index in [1.807, 2.05) is 67.6 Å². The van der Waals surface area contributed by atoms with Gasteiger partial charge in [-0.25, -0.2) is 4.98 Å². The van der Waals surface area contributed by atoms with Gasteiger partial charge in [0.25, 0.3) is 0 Å².